The molecular formula is C18H14FI2N3S2. The van der Waals surface area contributed by atoms with Crippen molar-refractivity contribution in [1.29, 1.82) is 5.26 Å². The number of hydrogen-bond donors (Lipinski definition) is 0. The van der Waals surface area contributed by atoms with Crippen molar-refractivity contribution in [3.8, 4) is 34.6 Å². The average Bonchev–Trinajstić information content (AvgIpc) is 3.39. The van der Waals surface area contributed by atoms with E-state index < -0.39 is 5.82 Å². The minimum absolute atomic E-state index is 0. The average molecular weight is 609 g/mol. The summed E-state index contributed by atoms with van der Waals surface area (Å²) in [4.78, 5) is 0. The van der Waals surface area contributed by atoms with Crippen molar-refractivity contribution in [3.63, 3.8) is 0 Å². The van der Waals surface area contributed by atoms with Gasteiger partial charge in [0.15, 0.2) is 0 Å². The fourth-order valence-electron chi connectivity index (χ4n) is 2.12. The number of rotatable bonds is 2. The van der Waals surface area contributed by atoms with Crippen LogP contribution in [0.25, 0.3) is 5.69 Å². The zero-order chi connectivity index (χ0) is 18.2. The Labute approximate surface area is 186 Å². The molecule has 26 heavy (non-hydrogen) atoms. The number of terminal acetylenes is 1. The summed E-state index contributed by atoms with van der Waals surface area (Å²) in [6.45, 7) is 0. The van der Waals surface area contributed by atoms with E-state index in [9.17, 15) is 4.39 Å². The molecule has 1 aliphatic rings. The van der Waals surface area contributed by atoms with Crippen LogP contribution in [0, 0.1) is 40.0 Å². The first-order valence-corrected chi connectivity index (χ1v) is 13.7. The summed E-state index contributed by atoms with van der Waals surface area (Å²) in [5.74, 6) is 3.10. The van der Waals surface area contributed by atoms with Crippen LogP contribution in [0.4, 0.5) is 4.39 Å². The van der Waals surface area contributed by atoms with Crippen molar-refractivity contribution >= 4 is 60.3 Å². The monoisotopic (exact) mass is 609 g/mol. The smallest absolute Gasteiger partial charge is 0.126 e. The van der Waals surface area contributed by atoms with Gasteiger partial charge in [0.2, 0.25) is 0 Å². The molecule has 2 aromatic rings. The predicted molar refractivity (Wildman–Crippen MR) is 126 cm³/mol. The van der Waals surface area contributed by atoms with E-state index in [4.69, 9.17) is 11.7 Å². The third-order valence-electron chi connectivity index (χ3n) is 3.25. The molecule has 0 N–H and O–H groups in total. The van der Waals surface area contributed by atoms with E-state index in [1.54, 1.807) is 10.7 Å². The van der Waals surface area contributed by atoms with Crippen LogP contribution in [0.1, 0.15) is 43.0 Å². The standard InChI is InChI=1S/C15H9FIN3S.C2HIS.CH4/c16-13-5-10(8-18)6-14(7-13)20-9-12(3-4-21-17)15(19-20)11-1-2-11;1-2-4-3;/h5-7,9,11H,1-2H2;1H;1H4. The molecule has 0 spiro atoms. The summed E-state index contributed by atoms with van der Waals surface area (Å²) in [7, 11) is 2.77. The first-order valence-electron chi connectivity index (χ1n) is 6.95. The van der Waals surface area contributed by atoms with Crippen LogP contribution in [0.5, 0.6) is 0 Å². The Morgan fingerprint density at radius 3 is 2.50 bits per heavy atom. The highest BCUT2D eigenvalue weighted by Gasteiger charge is 2.29. The van der Waals surface area contributed by atoms with Crippen molar-refractivity contribution < 1.29 is 4.39 Å². The van der Waals surface area contributed by atoms with Gasteiger partial charge in [0.1, 0.15) is 5.82 Å². The van der Waals surface area contributed by atoms with Gasteiger partial charge in [0, 0.05) is 54.5 Å². The quantitative estimate of drug-likeness (QED) is 0.290. The Balaban J connectivity index is 0.000000616. The maximum atomic E-state index is 13.6. The molecule has 1 saturated carbocycles. The molecule has 0 saturated heterocycles. The molecule has 8 heteroatoms. The second kappa shape index (κ2) is 11.8. The number of aromatic nitrogens is 2. The summed E-state index contributed by atoms with van der Waals surface area (Å²) in [5, 5.41) is 18.8. The molecule has 0 bridgehead atoms. The molecule has 1 aromatic heterocycles. The maximum absolute atomic E-state index is 13.6. The minimum atomic E-state index is -0.442. The Morgan fingerprint density at radius 2 is 1.96 bits per heavy atom. The van der Waals surface area contributed by atoms with Crippen LogP contribution < -0.4 is 0 Å². The first kappa shape index (κ1) is 23.2. The van der Waals surface area contributed by atoms with E-state index in [1.807, 2.05) is 33.5 Å². The van der Waals surface area contributed by atoms with Crippen LogP contribution in [0.2, 0.25) is 0 Å². The molecule has 1 heterocycles. The molecule has 0 atom stereocenters. The molecule has 1 fully saturated rings. The molecule has 1 aromatic carbocycles. The molecule has 134 valence electrons. The molecule has 0 amide bonds. The minimum Gasteiger partial charge on any atom is -0.239 e. The first-order chi connectivity index (χ1) is 12.1. The van der Waals surface area contributed by atoms with Crippen molar-refractivity contribution in [2.45, 2.75) is 26.2 Å². The lowest BCUT2D eigenvalue weighted by atomic mass is 10.2. The molecule has 0 radical (unpaired) electrons. The highest BCUT2D eigenvalue weighted by molar-refractivity contribution is 14.2. The number of nitrogens with zero attached hydrogens (tertiary/aromatic N) is 3. The van der Waals surface area contributed by atoms with Gasteiger partial charge in [-0.2, -0.15) is 10.4 Å². The lowest BCUT2D eigenvalue weighted by Gasteiger charge is -2.02. The third kappa shape index (κ3) is 6.70. The normalized spacial score (nSPS) is 11.6. The van der Waals surface area contributed by atoms with Crippen molar-refractivity contribution in [1.82, 2.24) is 9.78 Å². The van der Waals surface area contributed by atoms with Gasteiger partial charge in [-0.3, -0.25) is 0 Å². The van der Waals surface area contributed by atoms with Gasteiger partial charge < -0.3 is 0 Å². The van der Waals surface area contributed by atoms with Gasteiger partial charge in [-0.1, -0.05) is 13.3 Å². The summed E-state index contributed by atoms with van der Waals surface area (Å²) in [6, 6.07) is 6.16. The maximum Gasteiger partial charge on any atom is 0.126 e. The summed E-state index contributed by atoms with van der Waals surface area (Å²) in [6.07, 6.45) is 8.78. The van der Waals surface area contributed by atoms with Gasteiger partial charge in [0.25, 0.3) is 0 Å². The topological polar surface area (TPSA) is 41.6 Å². The molecule has 0 unspecified atom stereocenters. The molecular weight excluding hydrogens is 595 g/mol. The fraction of sp³-hybridized carbons (Fsp3) is 0.222. The third-order valence-corrected chi connectivity index (χ3v) is 4.94. The van der Waals surface area contributed by atoms with Crippen LogP contribution >= 0.6 is 60.3 Å². The Kier molecular flexibility index (Phi) is 10.5. The zero-order valence-corrected chi connectivity index (χ0v) is 18.6. The number of benzene rings is 1. The number of nitriles is 1. The van der Waals surface area contributed by atoms with Crippen molar-refractivity contribution in [3.05, 3.63) is 47.0 Å². The van der Waals surface area contributed by atoms with E-state index in [0.29, 0.717) is 11.6 Å². The predicted octanol–water partition coefficient (Wildman–Crippen LogP) is 6.45. The van der Waals surface area contributed by atoms with Gasteiger partial charge in [0.05, 0.1) is 28.6 Å². The Morgan fingerprint density at radius 1 is 1.27 bits per heavy atom. The summed E-state index contributed by atoms with van der Waals surface area (Å²) < 4.78 is 15.2. The highest BCUT2D eigenvalue weighted by Crippen LogP contribution is 2.41. The molecule has 3 rings (SSSR count). The van der Waals surface area contributed by atoms with Crippen molar-refractivity contribution in [2.75, 3.05) is 0 Å². The second-order valence-electron chi connectivity index (χ2n) is 4.96. The van der Waals surface area contributed by atoms with Crippen LogP contribution in [-0.2, 0) is 0 Å². The highest BCUT2D eigenvalue weighted by atomic mass is 127. The summed E-state index contributed by atoms with van der Waals surface area (Å²) in [5.41, 5.74) is 2.67. The fourth-order valence-corrected chi connectivity index (χ4v) is 2.60. The lowest BCUT2D eigenvalue weighted by Crippen LogP contribution is -1.97. The van der Waals surface area contributed by atoms with Crippen LogP contribution in [0.15, 0.2) is 24.4 Å². The van der Waals surface area contributed by atoms with E-state index in [1.165, 1.54) is 30.0 Å². The van der Waals surface area contributed by atoms with Gasteiger partial charge >= 0.3 is 0 Å². The van der Waals surface area contributed by atoms with Crippen LogP contribution in [0.3, 0.4) is 0 Å². The largest absolute Gasteiger partial charge is 0.239 e. The van der Waals surface area contributed by atoms with Crippen molar-refractivity contribution in [2.24, 2.45) is 0 Å². The van der Waals surface area contributed by atoms with E-state index in [2.05, 4.69) is 42.7 Å². The van der Waals surface area contributed by atoms with E-state index >= 15 is 0 Å². The van der Waals surface area contributed by atoms with Gasteiger partial charge in [-0.05, 0) is 59.4 Å². The molecule has 3 nitrogen and oxygen atoms in total. The Hall–Kier alpha value is -0.870. The zero-order valence-electron chi connectivity index (χ0n) is 12.7. The lowest BCUT2D eigenvalue weighted by molar-refractivity contribution is 0.624. The van der Waals surface area contributed by atoms with Crippen LogP contribution in [-0.4, -0.2) is 9.78 Å². The van der Waals surface area contributed by atoms with E-state index in [0.717, 1.165) is 24.1 Å². The number of hydrogen-bond acceptors (Lipinski definition) is 4. The van der Waals surface area contributed by atoms with Gasteiger partial charge in [-0.15, -0.1) is 6.42 Å². The summed E-state index contributed by atoms with van der Waals surface area (Å²) >= 11 is 4.15. The Bertz CT molecular complexity index is 900. The SMILES string of the molecule is C.C#CSI.N#Cc1cc(F)cc(-n2cc(C#CSI)c(C3CC3)n2)c1. The molecule has 1 aliphatic carbocycles. The second-order valence-corrected chi connectivity index (χ2v) is 8.35. The van der Waals surface area contributed by atoms with E-state index in [-0.39, 0.29) is 13.0 Å². The number of halogens is 3. The molecule has 0 aliphatic heterocycles. The van der Waals surface area contributed by atoms with Gasteiger partial charge in [-0.25, -0.2) is 9.07 Å².